The molecule has 136 valence electrons. The van der Waals surface area contributed by atoms with Crippen molar-refractivity contribution >= 4 is 33.1 Å². The van der Waals surface area contributed by atoms with E-state index in [4.69, 9.17) is 0 Å². The summed E-state index contributed by atoms with van der Waals surface area (Å²) < 4.78 is 0. The van der Waals surface area contributed by atoms with Gasteiger partial charge in [0.1, 0.15) is 17.0 Å². The van der Waals surface area contributed by atoms with Gasteiger partial charge in [0.15, 0.2) is 0 Å². The molecule has 4 aromatic rings. The maximum atomic E-state index is 4.53. The van der Waals surface area contributed by atoms with Crippen molar-refractivity contribution in [1.82, 2.24) is 9.97 Å². The van der Waals surface area contributed by atoms with Gasteiger partial charge in [-0.3, -0.25) is 0 Å². The molecule has 0 saturated carbocycles. The number of unbranched alkanes of at least 4 members (excludes halogenated alkanes) is 1. The van der Waals surface area contributed by atoms with Gasteiger partial charge in [0.05, 0.1) is 5.39 Å². The van der Waals surface area contributed by atoms with E-state index in [9.17, 15) is 0 Å². The van der Waals surface area contributed by atoms with E-state index in [0.717, 1.165) is 28.1 Å². The number of hydrogen-bond acceptors (Lipinski definition) is 4. The Bertz CT molecular complexity index is 1030. The number of anilines is 2. The van der Waals surface area contributed by atoms with Crippen LogP contribution in [0.25, 0.3) is 21.3 Å². The first kappa shape index (κ1) is 17.7. The number of aromatic nitrogens is 2. The third-order valence-corrected chi connectivity index (χ3v) is 5.65. The molecule has 0 amide bonds. The SMILES string of the molecule is CCCCc1ccc(Nc2ncnc3scc(-c4ccc(C)cc4)c23)cc1. The largest absolute Gasteiger partial charge is 0.340 e. The number of fused-ring (bicyclic) bond motifs is 1. The van der Waals surface area contributed by atoms with Gasteiger partial charge in [-0.2, -0.15) is 0 Å². The highest BCUT2D eigenvalue weighted by molar-refractivity contribution is 7.17. The van der Waals surface area contributed by atoms with Gasteiger partial charge >= 0.3 is 0 Å². The van der Waals surface area contributed by atoms with Crippen molar-refractivity contribution in [3.05, 3.63) is 71.4 Å². The number of nitrogens with one attached hydrogen (secondary N) is 1. The van der Waals surface area contributed by atoms with Crippen LogP contribution in [0.2, 0.25) is 0 Å². The summed E-state index contributed by atoms with van der Waals surface area (Å²) in [6.45, 7) is 4.33. The van der Waals surface area contributed by atoms with Crippen LogP contribution in [-0.4, -0.2) is 9.97 Å². The molecule has 0 fully saturated rings. The van der Waals surface area contributed by atoms with Crippen LogP contribution in [0, 0.1) is 6.92 Å². The van der Waals surface area contributed by atoms with Crippen LogP contribution in [-0.2, 0) is 6.42 Å². The molecule has 2 aromatic carbocycles. The molecule has 0 aliphatic rings. The van der Waals surface area contributed by atoms with Gasteiger partial charge in [0.25, 0.3) is 0 Å². The van der Waals surface area contributed by atoms with Crippen LogP contribution < -0.4 is 5.32 Å². The molecule has 0 radical (unpaired) electrons. The average molecular weight is 374 g/mol. The Morgan fingerprint density at radius 1 is 0.963 bits per heavy atom. The zero-order valence-electron chi connectivity index (χ0n) is 15.7. The third kappa shape index (κ3) is 3.86. The first-order valence-electron chi connectivity index (χ1n) is 9.40. The van der Waals surface area contributed by atoms with Crippen molar-refractivity contribution in [1.29, 1.82) is 0 Å². The molecule has 0 aliphatic heterocycles. The standard InChI is InChI=1S/C23H23N3S/c1-3-4-5-17-8-12-19(13-9-17)26-22-21-20(14-27-23(21)25-15-24-22)18-10-6-16(2)7-11-18/h6-15H,3-5H2,1-2H3,(H,24,25,26). The lowest BCUT2D eigenvalue weighted by Crippen LogP contribution is -1.96. The summed E-state index contributed by atoms with van der Waals surface area (Å²) >= 11 is 1.66. The molecular weight excluding hydrogens is 350 g/mol. The average Bonchev–Trinajstić information content (AvgIpc) is 3.13. The number of benzene rings is 2. The van der Waals surface area contributed by atoms with Crippen molar-refractivity contribution in [2.75, 3.05) is 5.32 Å². The minimum absolute atomic E-state index is 0.859. The van der Waals surface area contributed by atoms with Crippen molar-refractivity contribution in [2.24, 2.45) is 0 Å². The predicted octanol–water partition coefficient (Wildman–Crippen LogP) is 6.75. The maximum Gasteiger partial charge on any atom is 0.143 e. The van der Waals surface area contributed by atoms with Gasteiger partial charge in [-0.05, 0) is 43.0 Å². The van der Waals surface area contributed by atoms with Crippen LogP contribution >= 0.6 is 11.3 Å². The summed E-state index contributed by atoms with van der Waals surface area (Å²) in [7, 11) is 0. The van der Waals surface area contributed by atoms with Crippen molar-refractivity contribution < 1.29 is 0 Å². The molecule has 0 aliphatic carbocycles. The summed E-state index contributed by atoms with van der Waals surface area (Å²) in [4.78, 5) is 10.00. The number of hydrogen-bond donors (Lipinski definition) is 1. The molecule has 4 rings (SSSR count). The third-order valence-electron chi connectivity index (χ3n) is 4.77. The lowest BCUT2D eigenvalue weighted by molar-refractivity contribution is 0.795. The number of thiophene rings is 1. The van der Waals surface area contributed by atoms with E-state index in [-0.39, 0.29) is 0 Å². The fraction of sp³-hybridized carbons (Fsp3) is 0.217. The number of nitrogens with zero attached hydrogens (tertiary/aromatic N) is 2. The van der Waals surface area contributed by atoms with Crippen LogP contribution in [0.3, 0.4) is 0 Å². The highest BCUT2D eigenvalue weighted by Crippen LogP contribution is 2.37. The van der Waals surface area contributed by atoms with E-state index in [1.165, 1.54) is 35.1 Å². The fourth-order valence-electron chi connectivity index (χ4n) is 3.19. The molecule has 0 atom stereocenters. The van der Waals surface area contributed by atoms with E-state index in [2.05, 4.69) is 83.0 Å². The smallest absolute Gasteiger partial charge is 0.143 e. The van der Waals surface area contributed by atoms with E-state index in [1.54, 1.807) is 17.7 Å². The second kappa shape index (κ2) is 7.89. The van der Waals surface area contributed by atoms with Gasteiger partial charge in [-0.25, -0.2) is 9.97 Å². The predicted molar refractivity (Wildman–Crippen MR) is 116 cm³/mol. The Balaban J connectivity index is 1.67. The molecule has 0 bridgehead atoms. The molecule has 0 unspecified atom stereocenters. The summed E-state index contributed by atoms with van der Waals surface area (Å²) in [5.74, 6) is 0.859. The topological polar surface area (TPSA) is 37.8 Å². The van der Waals surface area contributed by atoms with E-state index in [0.29, 0.717) is 0 Å². The molecule has 27 heavy (non-hydrogen) atoms. The first-order chi connectivity index (χ1) is 13.2. The van der Waals surface area contributed by atoms with Gasteiger partial charge < -0.3 is 5.32 Å². The molecule has 1 N–H and O–H groups in total. The Hall–Kier alpha value is -2.72. The molecule has 2 heterocycles. The van der Waals surface area contributed by atoms with E-state index in [1.807, 2.05) is 0 Å². The monoisotopic (exact) mass is 373 g/mol. The second-order valence-electron chi connectivity index (χ2n) is 6.84. The molecule has 3 nitrogen and oxygen atoms in total. The first-order valence-corrected chi connectivity index (χ1v) is 10.3. The highest BCUT2D eigenvalue weighted by atomic mass is 32.1. The van der Waals surface area contributed by atoms with Gasteiger partial charge in [-0.15, -0.1) is 11.3 Å². The molecule has 4 heteroatoms. The van der Waals surface area contributed by atoms with Crippen LogP contribution in [0.1, 0.15) is 30.9 Å². The van der Waals surface area contributed by atoms with Gasteiger partial charge in [0, 0.05) is 16.6 Å². The zero-order chi connectivity index (χ0) is 18.6. The minimum atomic E-state index is 0.859. The Labute approximate surface area is 164 Å². The minimum Gasteiger partial charge on any atom is -0.340 e. The molecule has 0 saturated heterocycles. The van der Waals surface area contributed by atoms with Gasteiger partial charge in [-0.1, -0.05) is 55.3 Å². The quantitative estimate of drug-likeness (QED) is 0.406. The molecule has 0 spiro atoms. The van der Waals surface area contributed by atoms with Crippen molar-refractivity contribution in [3.63, 3.8) is 0 Å². The number of aryl methyl sites for hydroxylation is 2. The maximum absolute atomic E-state index is 4.53. The second-order valence-corrected chi connectivity index (χ2v) is 7.70. The lowest BCUT2D eigenvalue weighted by Gasteiger charge is -2.09. The van der Waals surface area contributed by atoms with Crippen LogP contribution in [0.15, 0.2) is 60.2 Å². The molecular formula is C23H23N3S. The summed E-state index contributed by atoms with van der Waals surface area (Å²) in [5.41, 5.74) is 6.07. The van der Waals surface area contributed by atoms with E-state index >= 15 is 0 Å². The van der Waals surface area contributed by atoms with E-state index < -0.39 is 0 Å². The normalized spacial score (nSPS) is 11.0. The highest BCUT2D eigenvalue weighted by Gasteiger charge is 2.13. The zero-order valence-corrected chi connectivity index (χ0v) is 16.5. The summed E-state index contributed by atoms with van der Waals surface area (Å²) in [5, 5.41) is 6.75. The Kier molecular flexibility index (Phi) is 5.16. The lowest BCUT2D eigenvalue weighted by atomic mass is 10.0. The van der Waals surface area contributed by atoms with Crippen LogP contribution in [0.4, 0.5) is 11.5 Å². The molecule has 2 aromatic heterocycles. The number of rotatable bonds is 6. The summed E-state index contributed by atoms with van der Waals surface area (Å²) in [6, 6.07) is 17.3. The Morgan fingerprint density at radius 2 is 1.74 bits per heavy atom. The Morgan fingerprint density at radius 3 is 2.48 bits per heavy atom. The van der Waals surface area contributed by atoms with Crippen molar-refractivity contribution in [2.45, 2.75) is 33.1 Å². The fourth-order valence-corrected chi connectivity index (χ4v) is 4.10. The van der Waals surface area contributed by atoms with Crippen LogP contribution in [0.5, 0.6) is 0 Å². The summed E-state index contributed by atoms with van der Waals surface area (Å²) in [6.07, 6.45) is 5.22. The van der Waals surface area contributed by atoms with Gasteiger partial charge in [0.2, 0.25) is 0 Å². The van der Waals surface area contributed by atoms with Crippen molar-refractivity contribution in [3.8, 4) is 11.1 Å².